The SMILES string of the molecule is COc1cccc(S(=O)(=O)Nc2ccon2)c1. The minimum Gasteiger partial charge on any atom is -0.497 e. The van der Waals surface area contributed by atoms with Crippen LogP contribution in [-0.4, -0.2) is 20.7 Å². The topological polar surface area (TPSA) is 81.4 Å². The maximum atomic E-state index is 11.9. The Hall–Kier alpha value is -2.02. The molecule has 6 nitrogen and oxygen atoms in total. The summed E-state index contributed by atoms with van der Waals surface area (Å²) < 4.78 is 35.6. The van der Waals surface area contributed by atoms with E-state index in [4.69, 9.17) is 4.74 Å². The summed E-state index contributed by atoms with van der Waals surface area (Å²) in [6, 6.07) is 7.55. The van der Waals surface area contributed by atoms with Gasteiger partial charge in [-0.15, -0.1) is 0 Å². The van der Waals surface area contributed by atoms with E-state index in [0.29, 0.717) is 5.75 Å². The van der Waals surface area contributed by atoms with Gasteiger partial charge in [0.2, 0.25) is 0 Å². The smallest absolute Gasteiger partial charge is 0.263 e. The van der Waals surface area contributed by atoms with E-state index in [0.717, 1.165) is 0 Å². The minimum absolute atomic E-state index is 0.0971. The predicted molar refractivity (Wildman–Crippen MR) is 60.3 cm³/mol. The summed E-state index contributed by atoms with van der Waals surface area (Å²) in [6.45, 7) is 0. The lowest BCUT2D eigenvalue weighted by molar-refractivity contribution is 0.413. The van der Waals surface area contributed by atoms with Crippen LogP contribution in [-0.2, 0) is 10.0 Å². The molecule has 1 N–H and O–H groups in total. The normalized spacial score (nSPS) is 11.1. The van der Waals surface area contributed by atoms with Crippen LogP contribution in [0.3, 0.4) is 0 Å². The van der Waals surface area contributed by atoms with Crippen molar-refractivity contribution >= 4 is 15.8 Å². The standard InChI is InChI=1S/C10H10N2O4S/c1-15-8-3-2-4-9(7-8)17(13,14)12-10-5-6-16-11-10/h2-7H,1H3,(H,11,12). The summed E-state index contributed by atoms with van der Waals surface area (Å²) >= 11 is 0. The first-order chi connectivity index (χ1) is 8.12. The predicted octanol–water partition coefficient (Wildman–Crippen LogP) is 1.48. The molecule has 17 heavy (non-hydrogen) atoms. The molecule has 0 unspecified atom stereocenters. The molecule has 0 aliphatic rings. The molecule has 2 aromatic rings. The molecule has 90 valence electrons. The van der Waals surface area contributed by atoms with Gasteiger partial charge in [-0.1, -0.05) is 11.2 Å². The van der Waals surface area contributed by atoms with Gasteiger partial charge < -0.3 is 9.26 Å². The van der Waals surface area contributed by atoms with Crippen molar-refractivity contribution in [3.63, 3.8) is 0 Å². The summed E-state index contributed by atoms with van der Waals surface area (Å²) in [5.41, 5.74) is 0. The van der Waals surface area contributed by atoms with Crippen molar-refractivity contribution in [2.24, 2.45) is 0 Å². The molecule has 0 spiro atoms. The van der Waals surface area contributed by atoms with Crippen LogP contribution in [0, 0.1) is 0 Å². The van der Waals surface area contributed by atoms with Crippen LogP contribution in [0.1, 0.15) is 0 Å². The number of hydrogen-bond donors (Lipinski definition) is 1. The lowest BCUT2D eigenvalue weighted by atomic mass is 10.3. The molecule has 2 rings (SSSR count). The summed E-state index contributed by atoms with van der Waals surface area (Å²) in [4.78, 5) is 0.0971. The van der Waals surface area contributed by atoms with E-state index in [1.54, 1.807) is 12.1 Å². The molecule has 0 aliphatic carbocycles. The van der Waals surface area contributed by atoms with Crippen molar-refractivity contribution in [2.75, 3.05) is 11.8 Å². The average molecular weight is 254 g/mol. The summed E-state index contributed by atoms with van der Waals surface area (Å²) in [7, 11) is -2.20. The van der Waals surface area contributed by atoms with Crippen LogP contribution < -0.4 is 9.46 Å². The first-order valence-electron chi connectivity index (χ1n) is 4.69. The molecule has 7 heteroatoms. The molecule has 0 saturated heterocycles. The zero-order valence-corrected chi connectivity index (χ0v) is 9.77. The highest BCUT2D eigenvalue weighted by molar-refractivity contribution is 7.92. The van der Waals surface area contributed by atoms with Gasteiger partial charge in [0.25, 0.3) is 10.0 Å². The number of hydrogen-bond acceptors (Lipinski definition) is 5. The molecule has 1 aromatic heterocycles. The number of nitrogens with one attached hydrogen (secondary N) is 1. The second-order valence-electron chi connectivity index (χ2n) is 3.17. The highest BCUT2D eigenvalue weighted by Crippen LogP contribution is 2.19. The van der Waals surface area contributed by atoms with Gasteiger partial charge in [0, 0.05) is 12.1 Å². The fourth-order valence-electron chi connectivity index (χ4n) is 1.23. The molecular weight excluding hydrogens is 244 g/mol. The molecule has 0 bridgehead atoms. The number of ether oxygens (including phenoxy) is 1. The van der Waals surface area contributed by atoms with E-state index in [2.05, 4.69) is 14.4 Å². The molecule has 0 saturated carbocycles. The number of aromatic nitrogens is 1. The maximum absolute atomic E-state index is 11.9. The zero-order valence-electron chi connectivity index (χ0n) is 8.95. The third kappa shape index (κ3) is 2.56. The van der Waals surface area contributed by atoms with Gasteiger partial charge in [-0.05, 0) is 12.1 Å². The molecule has 0 aliphatic heterocycles. The Bertz CT molecular complexity index is 593. The maximum Gasteiger partial charge on any atom is 0.263 e. The van der Waals surface area contributed by atoms with Crippen molar-refractivity contribution in [1.29, 1.82) is 0 Å². The number of benzene rings is 1. The largest absolute Gasteiger partial charge is 0.497 e. The van der Waals surface area contributed by atoms with E-state index < -0.39 is 10.0 Å². The van der Waals surface area contributed by atoms with Crippen LogP contribution in [0.15, 0.2) is 46.0 Å². The van der Waals surface area contributed by atoms with E-state index in [-0.39, 0.29) is 10.7 Å². The zero-order chi connectivity index (χ0) is 12.3. The molecule has 1 heterocycles. The van der Waals surface area contributed by atoms with Gasteiger partial charge in [-0.25, -0.2) is 8.42 Å². The quantitative estimate of drug-likeness (QED) is 0.893. The average Bonchev–Trinajstić information content (AvgIpc) is 2.81. The van der Waals surface area contributed by atoms with Gasteiger partial charge in [0.1, 0.15) is 12.0 Å². The summed E-state index contributed by atoms with van der Waals surface area (Å²) in [5, 5.41) is 3.47. The summed E-state index contributed by atoms with van der Waals surface area (Å²) in [6.07, 6.45) is 1.28. The first-order valence-corrected chi connectivity index (χ1v) is 6.17. The summed E-state index contributed by atoms with van der Waals surface area (Å²) in [5.74, 6) is 0.598. The third-order valence-electron chi connectivity index (χ3n) is 2.03. The Balaban J connectivity index is 2.31. The van der Waals surface area contributed by atoms with Gasteiger partial charge >= 0.3 is 0 Å². The Labute approximate surface area is 98.2 Å². The minimum atomic E-state index is -3.67. The number of anilines is 1. The van der Waals surface area contributed by atoms with Crippen molar-refractivity contribution < 1.29 is 17.7 Å². The van der Waals surface area contributed by atoms with Crippen LogP contribution >= 0.6 is 0 Å². The second kappa shape index (κ2) is 4.46. The monoisotopic (exact) mass is 254 g/mol. The Morgan fingerprint density at radius 3 is 2.82 bits per heavy atom. The molecule has 1 aromatic carbocycles. The number of sulfonamides is 1. The van der Waals surface area contributed by atoms with Gasteiger partial charge in [0.15, 0.2) is 5.82 Å². The Morgan fingerprint density at radius 2 is 2.18 bits per heavy atom. The molecule has 0 fully saturated rings. The molecular formula is C10H10N2O4S. The van der Waals surface area contributed by atoms with Crippen molar-refractivity contribution in [3.05, 3.63) is 36.6 Å². The van der Waals surface area contributed by atoms with Crippen LogP contribution in [0.2, 0.25) is 0 Å². The fraction of sp³-hybridized carbons (Fsp3) is 0.100. The molecule has 0 atom stereocenters. The Morgan fingerprint density at radius 1 is 1.35 bits per heavy atom. The van der Waals surface area contributed by atoms with E-state index in [1.165, 1.54) is 31.6 Å². The number of methoxy groups -OCH3 is 1. The fourth-order valence-corrected chi connectivity index (χ4v) is 2.26. The number of rotatable bonds is 4. The second-order valence-corrected chi connectivity index (χ2v) is 4.85. The highest BCUT2D eigenvalue weighted by Gasteiger charge is 2.15. The Kier molecular flexibility index (Phi) is 3.01. The van der Waals surface area contributed by atoms with Crippen LogP contribution in [0.25, 0.3) is 0 Å². The third-order valence-corrected chi connectivity index (χ3v) is 3.38. The van der Waals surface area contributed by atoms with Crippen LogP contribution in [0.5, 0.6) is 5.75 Å². The van der Waals surface area contributed by atoms with Crippen LogP contribution in [0.4, 0.5) is 5.82 Å². The van der Waals surface area contributed by atoms with Crippen molar-refractivity contribution in [3.8, 4) is 5.75 Å². The van der Waals surface area contributed by atoms with Crippen molar-refractivity contribution in [2.45, 2.75) is 4.90 Å². The van der Waals surface area contributed by atoms with Crippen molar-refractivity contribution in [1.82, 2.24) is 5.16 Å². The number of nitrogens with zero attached hydrogens (tertiary/aromatic N) is 1. The van der Waals surface area contributed by atoms with E-state index in [9.17, 15) is 8.42 Å². The van der Waals surface area contributed by atoms with E-state index in [1.807, 2.05) is 0 Å². The van der Waals surface area contributed by atoms with Gasteiger partial charge in [-0.3, -0.25) is 4.72 Å². The molecule has 0 radical (unpaired) electrons. The lowest BCUT2D eigenvalue weighted by Gasteiger charge is -2.06. The molecule has 0 amide bonds. The van der Waals surface area contributed by atoms with Gasteiger partial charge in [-0.2, -0.15) is 0 Å². The van der Waals surface area contributed by atoms with E-state index >= 15 is 0 Å². The lowest BCUT2D eigenvalue weighted by Crippen LogP contribution is -2.13. The van der Waals surface area contributed by atoms with Gasteiger partial charge in [0.05, 0.1) is 12.0 Å². The first kappa shape index (κ1) is 11.5. The highest BCUT2D eigenvalue weighted by atomic mass is 32.2.